The molecule has 2 rings (SSSR count). The number of nitrogens with one attached hydrogen (secondary N) is 2. The molecule has 0 spiro atoms. The van der Waals surface area contributed by atoms with E-state index < -0.39 is 17.8 Å². The lowest BCUT2D eigenvalue weighted by molar-refractivity contribution is -0.124. The van der Waals surface area contributed by atoms with Crippen molar-refractivity contribution >= 4 is 29.6 Å². The minimum absolute atomic E-state index is 0.104. The zero-order valence-corrected chi connectivity index (χ0v) is 11.7. The predicted molar refractivity (Wildman–Crippen MR) is 79.6 cm³/mol. The van der Waals surface area contributed by atoms with Gasteiger partial charge in [0.15, 0.2) is 0 Å². The maximum Gasteiger partial charge on any atom is 0.328 e. The molecule has 21 heavy (non-hydrogen) atoms. The van der Waals surface area contributed by atoms with Crippen molar-refractivity contribution in [1.29, 1.82) is 0 Å². The number of urea groups is 1. The number of benzene rings is 1. The maximum atomic E-state index is 11.5. The second kappa shape index (κ2) is 6.04. The van der Waals surface area contributed by atoms with Crippen LogP contribution in [0.2, 0.25) is 0 Å². The Labute approximate surface area is 122 Å². The van der Waals surface area contributed by atoms with Gasteiger partial charge in [-0.1, -0.05) is 30.4 Å². The topological polar surface area (TPSA) is 78.5 Å². The minimum Gasteiger partial charge on any atom is -0.377 e. The van der Waals surface area contributed by atoms with Crippen LogP contribution >= 0.6 is 0 Å². The largest absolute Gasteiger partial charge is 0.377 e. The fourth-order valence-corrected chi connectivity index (χ4v) is 1.91. The fourth-order valence-electron chi connectivity index (χ4n) is 1.91. The Balaban J connectivity index is 2.22. The van der Waals surface area contributed by atoms with Crippen molar-refractivity contribution in [3.05, 3.63) is 47.6 Å². The lowest BCUT2D eigenvalue weighted by atomic mass is 10.1. The monoisotopic (exact) mass is 285 g/mol. The Morgan fingerprint density at radius 3 is 2.24 bits per heavy atom. The summed E-state index contributed by atoms with van der Waals surface area (Å²) in [4.78, 5) is 36.0. The van der Waals surface area contributed by atoms with Gasteiger partial charge < -0.3 is 4.90 Å². The molecule has 1 aromatic rings. The maximum absolute atomic E-state index is 11.5. The second-order valence-electron chi connectivity index (χ2n) is 4.63. The summed E-state index contributed by atoms with van der Waals surface area (Å²) >= 11 is 0. The number of para-hydroxylation sites is 1. The number of carbonyl (C=O) groups excluding carboxylic acids is 3. The Kier molecular flexibility index (Phi) is 4.18. The predicted octanol–water partition coefficient (Wildman–Crippen LogP) is 1.06. The van der Waals surface area contributed by atoms with E-state index in [4.69, 9.17) is 0 Å². The van der Waals surface area contributed by atoms with Crippen LogP contribution in [-0.2, 0) is 9.59 Å². The molecule has 0 aromatic heterocycles. The van der Waals surface area contributed by atoms with Crippen molar-refractivity contribution in [2.24, 2.45) is 0 Å². The van der Waals surface area contributed by atoms with Gasteiger partial charge in [-0.2, -0.15) is 0 Å². The van der Waals surface area contributed by atoms with Gasteiger partial charge in [-0.15, -0.1) is 0 Å². The lowest BCUT2D eigenvalue weighted by Gasteiger charge is -2.15. The molecule has 108 valence electrons. The van der Waals surface area contributed by atoms with Gasteiger partial charge in [-0.05, 0) is 17.7 Å². The molecular weight excluding hydrogens is 270 g/mol. The van der Waals surface area contributed by atoms with Crippen LogP contribution < -0.4 is 15.5 Å². The lowest BCUT2D eigenvalue weighted by Crippen LogP contribution is -2.51. The molecule has 1 saturated heterocycles. The molecule has 0 aliphatic carbocycles. The zero-order chi connectivity index (χ0) is 15.4. The van der Waals surface area contributed by atoms with Crippen LogP contribution in [0.4, 0.5) is 10.5 Å². The van der Waals surface area contributed by atoms with Gasteiger partial charge in [0.2, 0.25) is 0 Å². The van der Waals surface area contributed by atoms with E-state index in [1.807, 2.05) is 53.9 Å². The van der Waals surface area contributed by atoms with E-state index in [1.165, 1.54) is 6.08 Å². The van der Waals surface area contributed by atoms with Crippen LogP contribution in [0.15, 0.2) is 42.0 Å². The minimum atomic E-state index is -0.802. The van der Waals surface area contributed by atoms with Gasteiger partial charge in [0, 0.05) is 19.8 Å². The number of carbonyl (C=O) groups is 3. The fraction of sp³-hybridized carbons (Fsp3) is 0.133. The summed E-state index contributed by atoms with van der Waals surface area (Å²) in [6.45, 7) is 0. The first-order valence-corrected chi connectivity index (χ1v) is 6.30. The normalized spacial score (nSPS) is 15.0. The highest BCUT2D eigenvalue weighted by Gasteiger charge is 2.26. The number of barbiturate groups is 1. The Morgan fingerprint density at radius 2 is 1.62 bits per heavy atom. The first-order chi connectivity index (χ1) is 9.99. The number of amides is 4. The highest BCUT2D eigenvalue weighted by molar-refractivity contribution is 6.29. The molecule has 1 aromatic carbocycles. The van der Waals surface area contributed by atoms with Gasteiger partial charge in [0.25, 0.3) is 11.8 Å². The van der Waals surface area contributed by atoms with Crippen molar-refractivity contribution in [2.75, 3.05) is 19.0 Å². The summed E-state index contributed by atoms with van der Waals surface area (Å²) in [6, 6.07) is 6.92. The third-order valence-corrected chi connectivity index (χ3v) is 2.90. The molecule has 6 nitrogen and oxygen atoms in total. The number of imide groups is 2. The molecule has 4 amide bonds. The van der Waals surface area contributed by atoms with Gasteiger partial charge in [0.05, 0.1) is 0 Å². The number of hydrogen-bond acceptors (Lipinski definition) is 4. The van der Waals surface area contributed by atoms with Crippen molar-refractivity contribution < 1.29 is 14.4 Å². The smallest absolute Gasteiger partial charge is 0.328 e. The Hall–Kier alpha value is -2.89. The van der Waals surface area contributed by atoms with Crippen LogP contribution in [-0.4, -0.2) is 31.9 Å². The van der Waals surface area contributed by atoms with Crippen LogP contribution in [0.25, 0.3) is 6.08 Å². The number of nitrogens with zero attached hydrogens (tertiary/aromatic N) is 1. The standard InChI is InChI=1S/C15H15N3O3/c1-18(2)12-9-4-3-6-10(12)7-5-8-11-13(19)16-15(21)17-14(11)20/h3-9H,1-2H3,(H2,16,17,19,20,21). The van der Waals surface area contributed by atoms with Crippen molar-refractivity contribution in [3.8, 4) is 0 Å². The third kappa shape index (κ3) is 3.36. The van der Waals surface area contributed by atoms with E-state index in [9.17, 15) is 14.4 Å². The van der Waals surface area contributed by atoms with E-state index in [2.05, 4.69) is 0 Å². The van der Waals surface area contributed by atoms with Crippen molar-refractivity contribution in [1.82, 2.24) is 10.6 Å². The summed E-state index contributed by atoms with van der Waals surface area (Å²) in [5.41, 5.74) is 1.86. The van der Waals surface area contributed by atoms with Gasteiger partial charge in [0.1, 0.15) is 5.57 Å². The number of rotatable bonds is 3. The highest BCUT2D eigenvalue weighted by atomic mass is 16.2. The molecular formula is C15H15N3O3. The molecule has 0 radical (unpaired) electrons. The van der Waals surface area contributed by atoms with E-state index in [0.717, 1.165) is 11.3 Å². The Morgan fingerprint density at radius 1 is 1.00 bits per heavy atom. The first kappa shape index (κ1) is 14.5. The third-order valence-electron chi connectivity index (χ3n) is 2.90. The van der Waals surface area contributed by atoms with E-state index in [1.54, 1.807) is 12.2 Å². The summed E-state index contributed by atoms with van der Waals surface area (Å²) in [7, 11) is 3.86. The molecule has 6 heteroatoms. The number of hydrogen-bond donors (Lipinski definition) is 2. The number of allylic oxidation sites excluding steroid dienone is 2. The molecule has 1 aliphatic rings. The van der Waals surface area contributed by atoms with E-state index in [0.29, 0.717) is 0 Å². The molecule has 1 aliphatic heterocycles. The summed E-state index contributed by atoms with van der Waals surface area (Å²) in [5, 5.41) is 4.04. The van der Waals surface area contributed by atoms with Gasteiger partial charge >= 0.3 is 6.03 Å². The van der Waals surface area contributed by atoms with Crippen LogP contribution in [0, 0.1) is 0 Å². The van der Waals surface area contributed by atoms with Crippen molar-refractivity contribution in [3.63, 3.8) is 0 Å². The molecule has 1 fully saturated rings. The van der Waals surface area contributed by atoms with Gasteiger partial charge in [-0.25, -0.2) is 4.79 Å². The van der Waals surface area contributed by atoms with Gasteiger partial charge in [-0.3, -0.25) is 20.2 Å². The summed E-state index contributed by atoms with van der Waals surface area (Å²) < 4.78 is 0. The molecule has 2 N–H and O–H groups in total. The van der Waals surface area contributed by atoms with Crippen LogP contribution in [0.5, 0.6) is 0 Å². The van der Waals surface area contributed by atoms with Crippen LogP contribution in [0.1, 0.15) is 5.56 Å². The summed E-state index contributed by atoms with van der Waals surface area (Å²) in [5.74, 6) is -1.40. The quantitative estimate of drug-likeness (QED) is 0.643. The SMILES string of the molecule is CN(C)c1ccccc1C=CC=C1C(=O)NC(=O)NC1=O. The molecule has 0 atom stereocenters. The molecule has 1 heterocycles. The average Bonchev–Trinajstić information content (AvgIpc) is 2.42. The molecule has 0 unspecified atom stereocenters. The average molecular weight is 285 g/mol. The number of anilines is 1. The molecule has 0 bridgehead atoms. The Bertz CT molecular complexity index is 638. The van der Waals surface area contributed by atoms with Crippen LogP contribution in [0.3, 0.4) is 0 Å². The second-order valence-corrected chi connectivity index (χ2v) is 4.63. The zero-order valence-electron chi connectivity index (χ0n) is 11.7. The summed E-state index contributed by atoms with van der Waals surface area (Å²) in [6.07, 6.45) is 4.77. The first-order valence-electron chi connectivity index (χ1n) is 6.30. The van der Waals surface area contributed by atoms with E-state index in [-0.39, 0.29) is 5.57 Å². The van der Waals surface area contributed by atoms with E-state index >= 15 is 0 Å². The van der Waals surface area contributed by atoms with Crippen molar-refractivity contribution in [2.45, 2.75) is 0 Å². The highest BCUT2D eigenvalue weighted by Crippen LogP contribution is 2.19. The molecule has 0 saturated carbocycles.